The van der Waals surface area contributed by atoms with Crippen LogP contribution < -0.4 is 11.2 Å². The van der Waals surface area contributed by atoms with Crippen molar-refractivity contribution in [1.82, 2.24) is 9.13 Å². The smallest absolute Gasteiger partial charge is 0.336 e. The SMILES string of the molecule is COC(=O)Cn1c(=O)n(-c2ccccc2)c(=O)c2oc3ccccc3c21. The van der Waals surface area contributed by atoms with Gasteiger partial charge in [0.15, 0.2) is 0 Å². The first-order valence-electron chi connectivity index (χ1n) is 7.91. The minimum absolute atomic E-state index is 0.0126. The molecule has 0 atom stereocenters. The minimum Gasteiger partial charge on any atom is -0.468 e. The molecule has 0 aliphatic heterocycles. The molecular weight excluding hydrogens is 336 g/mol. The van der Waals surface area contributed by atoms with Crippen molar-refractivity contribution in [3.63, 3.8) is 0 Å². The molecule has 0 aliphatic carbocycles. The van der Waals surface area contributed by atoms with E-state index in [1.165, 1.54) is 11.7 Å². The van der Waals surface area contributed by atoms with Crippen molar-refractivity contribution in [2.24, 2.45) is 0 Å². The van der Waals surface area contributed by atoms with E-state index in [1.54, 1.807) is 54.6 Å². The van der Waals surface area contributed by atoms with Crippen molar-refractivity contribution >= 4 is 28.0 Å². The molecule has 0 saturated carbocycles. The molecular formula is C19H14N2O5. The van der Waals surface area contributed by atoms with E-state index >= 15 is 0 Å². The van der Waals surface area contributed by atoms with Gasteiger partial charge in [-0.25, -0.2) is 9.36 Å². The number of esters is 1. The summed E-state index contributed by atoms with van der Waals surface area (Å²) >= 11 is 0. The van der Waals surface area contributed by atoms with Crippen molar-refractivity contribution in [3.05, 3.63) is 75.4 Å². The zero-order chi connectivity index (χ0) is 18.3. The third kappa shape index (κ3) is 2.33. The number of nitrogens with zero attached hydrogens (tertiary/aromatic N) is 2. The largest absolute Gasteiger partial charge is 0.468 e. The molecule has 0 fully saturated rings. The summed E-state index contributed by atoms with van der Waals surface area (Å²) in [6.07, 6.45) is 0. The van der Waals surface area contributed by atoms with Crippen molar-refractivity contribution in [2.45, 2.75) is 6.54 Å². The van der Waals surface area contributed by atoms with E-state index in [9.17, 15) is 14.4 Å². The number of hydrogen-bond donors (Lipinski definition) is 0. The van der Waals surface area contributed by atoms with Gasteiger partial charge in [0.2, 0.25) is 5.58 Å². The second-order valence-corrected chi connectivity index (χ2v) is 5.70. The Bertz CT molecular complexity index is 1250. The molecule has 7 heteroatoms. The van der Waals surface area contributed by atoms with Crippen LogP contribution in [0.4, 0.5) is 0 Å². The Hall–Kier alpha value is -3.61. The van der Waals surface area contributed by atoms with Gasteiger partial charge in [-0.05, 0) is 24.3 Å². The van der Waals surface area contributed by atoms with Crippen LogP contribution in [0.25, 0.3) is 27.8 Å². The number of hydrogen-bond acceptors (Lipinski definition) is 5. The Labute approximate surface area is 146 Å². The van der Waals surface area contributed by atoms with Gasteiger partial charge in [0, 0.05) is 5.39 Å². The van der Waals surface area contributed by atoms with Gasteiger partial charge in [-0.2, -0.15) is 0 Å². The summed E-state index contributed by atoms with van der Waals surface area (Å²) < 4.78 is 12.6. The van der Waals surface area contributed by atoms with Crippen LogP contribution >= 0.6 is 0 Å². The molecule has 4 rings (SSSR count). The fourth-order valence-electron chi connectivity index (χ4n) is 2.99. The summed E-state index contributed by atoms with van der Waals surface area (Å²) in [5, 5.41) is 0.584. The van der Waals surface area contributed by atoms with Crippen molar-refractivity contribution in [1.29, 1.82) is 0 Å². The summed E-state index contributed by atoms with van der Waals surface area (Å²) in [5.74, 6) is -0.600. The Balaban J connectivity index is 2.18. The Morgan fingerprint density at radius 2 is 1.73 bits per heavy atom. The maximum Gasteiger partial charge on any atom is 0.336 e. The first-order chi connectivity index (χ1) is 12.6. The monoisotopic (exact) mass is 350 g/mol. The van der Waals surface area contributed by atoms with Crippen LogP contribution in [0, 0.1) is 0 Å². The molecule has 2 aromatic heterocycles. The fraction of sp³-hybridized carbons (Fsp3) is 0.105. The van der Waals surface area contributed by atoms with Gasteiger partial charge in [-0.15, -0.1) is 0 Å². The topological polar surface area (TPSA) is 83.4 Å². The summed E-state index contributed by atoms with van der Waals surface area (Å²) in [5.41, 5.74) is -0.0576. The number of carbonyl (C=O) groups excluding carboxylic acids is 1. The van der Waals surface area contributed by atoms with Gasteiger partial charge >= 0.3 is 17.2 Å². The highest BCUT2D eigenvalue weighted by Gasteiger charge is 2.21. The maximum atomic E-state index is 13.1. The van der Waals surface area contributed by atoms with E-state index in [-0.39, 0.29) is 17.6 Å². The molecule has 0 radical (unpaired) electrons. The summed E-state index contributed by atoms with van der Waals surface area (Å²) in [4.78, 5) is 37.9. The van der Waals surface area contributed by atoms with Crippen LogP contribution in [0.3, 0.4) is 0 Å². The predicted molar refractivity (Wildman–Crippen MR) is 95.6 cm³/mol. The van der Waals surface area contributed by atoms with Gasteiger partial charge in [-0.3, -0.25) is 14.2 Å². The van der Waals surface area contributed by atoms with Crippen molar-refractivity contribution in [2.75, 3.05) is 7.11 Å². The first kappa shape index (κ1) is 15.9. The fourth-order valence-corrected chi connectivity index (χ4v) is 2.99. The van der Waals surface area contributed by atoms with E-state index in [1.807, 2.05) is 0 Å². The van der Waals surface area contributed by atoms with Crippen molar-refractivity contribution < 1.29 is 13.9 Å². The zero-order valence-electron chi connectivity index (χ0n) is 13.8. The second kappa shape index (κ2) is 6.03. The molecule has 0 bridgehead atoms. The number of furan rings is 1. The third-order valence-electron chi connectivity index (χ3n) is 4.19. The summed E-state index contributed by atoms with van der Waals surface area (Å²) in [6.45, 7) is -0.331. The molecule has 26 heavy (non-hydrogen) atoms. The molecule has 2 heterocycles. The molecule has 0 spiro atoms. The van der Waals surface area contributed by atoms with Crippen LogP contribution in [-0.4, -0.2) is 22.2 Å². The Morgan fingerprint density at radius 1 is 1.04 bits per heavy atom. The van der Waals surface area contributed by atoms with Crippen LogP contribution in [0.5, 0.6) is 0 Å². The number of fused-ring (bicyclic) bond motifs is 3. The van der Waals surface area contributed by atoms with E-state index < -0.39 is 17.2 Å². The summed E-state index contributed by atoms with van der Waals surface area (Å²) in [6, 6.07) is 15.5. The number of para-hydroxylation sites is 2. The summed E-state index contributed by atoms with van der Waals surface area (Å²) in [7, 11) is 1.24. The van der Waals surface area contributed by atoms with E-state index in [4.69, 9.17) is 9.15 Å². The van der Waals surface area contributed by atoms with E-state index in [0.29, 0.717) is 16.7 Å². The molecule has 2 aromatic carbocycles. The van der Waals surface area contributed by atoms with Gasteiger partial charge in [0.25, 0.3) is 0 Å². The lowest BCUT2D eigenvalue weighted by Gasteiger charge is -2.11. The molecule has 7 nitrogen and oxygen atoms in total. The first-order valence-corrected chi connectivity index (χ1v) is 7.91. The number of aromatic nitrogens is 2. The standard InChI is InChI=1S/C19H14N2O5/c1-25-15(22)11-20-16-13-9-5-6-10-14(13)26-17(16)18(23)21(19(20)24)12-7-3-2-4-8-12/h2-10H,11H2,1H3. The lowest BCUT2D eigenvalue weighted by Crippen LogP contribution is -2.39. The molecule has 0 saturated heterocycles. The lowest BCUT2D eigenvalue weighted by atomic mass is 10.2. The van der Waals surface area contributed by atoms with Crippen LogP contribution in [0.15, 0.2) is 68.6 Å². The number of benzene rings is 2. The highest BCUT2D eigenvalue weighted by Crippen LogP contribution is 2.25. The second-order valence-electron chi connectivity index (χ2n) is 5.70. The molecule has 130 valence electrons. The van der Waals surface area contributed by atoms with E-state index in [0.717, 1.165) is 4.57 Å². The van der Waals surface area contributed by atoms with Crippen molar-refractivity contribution in [3.8, 4) is 5.69 Å². The number of ether oxygens (including phenoxy) is 1. The third-order valence-corrected chi connectivity index (χ3v) is 4.19. The number of methoxy groups -OCH3 is 1. The number of carbonyl (C=O) groups is 1. The van der Waals surface area contributed by atoms with Gasteiger partial charge in [0.1, 0.15) is 17.6 Å². The van der Waals surface area contributed by atoms with Gasteiger partial charge < -0.3 is 9.15 Å². The highest BCUT2D eigenvalue weighted by atomic mass is 16.5. The normalized spacial score (nSPS) is 11.1. The predicted octanol–water partition coefficient (Wildman–Crippen LogP) is 2.07. The number of rotatable bonds is 3. The average Bonchev–Trinajstić information content (AvgIpc) is 3.06. The van der Waals surface area contributed by atoms with Crippen LogP contribution in [0.2, 0.25) is 0 Å². The maximum absolute atomic E-state index is 13.1. The van der Waals surface area contributed by atoms with Crippen LogP contribution in [0.1, 0.15) is 0 Å². The molecule has 4 aromatic rings. The van der Waals surface area contributed by atoms with Gasteiger partial charge in [0.05, 0.1) is 12.8 Å². The lowest BCUT2D eigenvalue weighted by molar-refractivity contribution is -0.141. The zero-order valence-corrected chi connectivity index (χ0v) is 13.8. The Morgan fingerprint density at radius 3 is 2.46 bits per heavy atom. The molecule has 0 amide bonds. The molecule has 0 unspecified atom stereocenters. The minimum atomic E-state index is -0.634. The van der Waals surface area contributed by atoms with Crippen LogP contribution in [-0.2, 0) is 16.1 Å². The van der Waals surface area contributed by atoms with E-state index in [2.05, 4.69) is 0 Å². The molecule has 0 N–H and O–H groups in total. The van der Waals surface area contributed by atoms with Gasteiger partial charge in [-0.1, -0.05) is 30.3 Å². The molecule has 0 aliphatic rings. The highest BCUT2D eigenvalue weighted by molar-refractivity contribution is 6.02. The average molecular weight is 350 g/mol. The quantitative estimate of drug-likeness (QED) is 0.528. The Kier molecular flexibility index (Phi) is 3.69.